The van der Waals surface area contributed by atoms with Gasteiger partial charge in [0.05, 0.1) is 5.75 Å². The van der Waals surface area contributed by atoms with E-state index in [9.17, 15) is 8.42 Å². The fraction of sp³-hybridized carbons (Fsp3) is 1.00. The number of piperidine rings is 1. The molecule has 1 aliphatic rings. The molecule has 0 radical (unpaired) electrons. The quantitative estimate of drug-likeness (QED) is 0.770. The first-order valence-electron chi connectivity index (χ1n) is 7.14. The van der Waals surface area contributed by atoms with E-state index in [0.717, 1.165) is 32.4 Å². The van der Waals surface area contributed by atoms with Crippen LogP contribution in [0.4, 0.5) is 0 Å². The van der Waals surface area contributed by atoms with E-state index in [0.29, 0.717) is 30.7 Å². The van der Waals surface area contributed by atoms with Crippen LogP contribution in [0.1, 0.15) is 40.0 Å². The first-order chi connectivity index (χ1) is 8.45. The molecular formula is C13H28N2O2S. The summed E-state index contributed by atoms with van der Waals surface area (Å²) in [6.07, 6.45) is 3.05. The monoisotopic (exact) mass is 276 g/mol. The summed E-state index contributed by atoms with van der Waals surface area (Å²) < 4.78 is 26.2. The Hall–Kier alpha value is -0.130. The number of hydrogen-bond donors (Lipinski definition) is 1. The molecule has 0 spiro atoms. The van der Waals surface area contributed by atoms with Crippen molar-refractivity contribution < 1.29 is 8.42 Å². The Bertz CT molecular complexity index is 322. The van der Waals surface area contributed by atoms with Crippen LogP contribution in [0.5, 0.6) is 0 Å². The molecule has 1 atom stereocenters. The van der Waals surface area contributed by atoms with Crippen molar-refractivity contribution >= 4 is 10.0 Å². The molecule has 108 valence electrons. The van der Waals surface area contributed by atoms with Gasteiger partial charge >= 0.3 is 0 Å². The Balaban J connectivity index is 2.52. The first-order valence-corrected chi connectivity index (χ1v) is 8.75. The summed E-state index contributed by atoms with van der Waals surface area (Å²) in [6.45, 7) is 9.37. The van der Waals surface area contributed by atoms with E-state index in [2.05, 4.69) is 19.2 Å². The minimum absolute atomic E-state index is 0.290. The number of nitrogens with zero attached hydrogens (tertiary/aromatic N) is 1. The normalized spacial score (nSPS) is 21.7. The predicted octanol–water partition coefficient (Wildman–Crippen LogP) is 1.68. The molecule has 0 bridgehead atoms. The second-order valence-electron chi connectivity index (χ2n) is 5.66. The van der Waals surface area contributed by atoms with Crippen molar-refractivity contribution in [3.63, 3.8) is 0 Å². The minimum atomic E-state index is -3.06. The lowest BCUT2D eigenvalue weighted by Crippen LogP contribution is -2.41. The molecular weight excluding hydrogens is 248 g/mol. The number of sulfonamides is 1. The average molecular weight is 276 g/mol. The Labute approximate surface area is 112 Å². The highest BCUT2D eigenvalue weighted by Gasteiger charge is 2.24. The van der Waals surface area contributed by atoms with Gasteiger partial charge in [-0.3, -0.25) is 0 Å². The minimum Gasteiger partial charge on any atom is -0.316 e. The largest absolute Gasteiger partial charge is 0.316 e. The van der Waals surface area contributed by atoms with E-state index in [1.54, 1.807) is 4.31 Å². The zero-order valence-electron chi connectivity index (χ0n) is 12.0. The number of hydrogen-bond acceptors (Lipinski definition) is 3. The van der Waals surface area contributed by atoms with Crippen molar-refractivity contribution in [1.29, 1.82) is 0 Å². The molecule has 1 fully saturated rings. The molecule has 4 nitrogen and oxygen atoms in total. The molecule has 1 unspecified atom stereocenters. The van der Waals surface area contributed by atoms with Crippen molar-refractivity contribution in [2.45, 2.75) is 40.0 Å². The van der Waals surface area contributed by atoms with Gasteiger partial charge in [0.25, 0.3) is 0 Å². The molecule has 0 aromatic rings. The zero-order chi connectivity index (χ0) is 13.6. The molecule has 1 heterocycles. The molecule has 0 aromatic heterocycles. The van der Waals surface area contributed by atoms with Crippen molar-refractivity contribution in [2.75, 3.05) is 31.9 Å². The van der Waals surface area contributed by atoms with Gasteiger partial charge in [0, 0.05) is 13.1 Å². The van der Waals surface area contributed by atoms with Crippen molar-refractivity contribution in [2.24, 2.45) is 11.8 Å². The highest BCUT2D eigenvalue weighted by molar-refractivity contribution is 7.89. The van der Waals surface area contributed by atoms with Gasteiger partial charge in [0.1, 0.15) is 0 Å². The highest BCUT2D eigenvalue weighted by Crippen LogP contribution is 2.15. The lowest BCUT2D eigenvalue weighted by Gasteiger charge is -2.29. The average Bonchev–Trinajstić information content (AvgIpc) is 2.34. The van der Waals surface area contributed by atoms with E-state index in [-0.39, 0.29) is 0 Å². The standard InChI is InChI=1S/C13H28N2O2S/c1-4-15(11-13-6-5-8-14-10-13)18(16,17)9-7-12(2)3/h12-14H,4-11H2,1-3H3. The van der Waals surface area contributed by atoms with Gasteiger partial charge in [-0.05, 0) is 44.2 Å². The first kappa shape index (κ1) is 15.9. The van der Waals surface area contributed by atoms with Gasteiger partial charge in [0.15, 0.2) is 0 Å². The maximum Gasteiger partial charge on any atom is 0.214 e. The highest BCUT2D eigenvalue weighted by atomic mass is 32.2. The van der Waals surface area contributed by atoms with E-state index >= 15 is 0 Å². The van der Waals surface area contributed by atoms with Crippen molar-refractivity contribution in [3.8, 4) is 0 Å². The zero-order valence-corrected chi connectivity index (χ0v) is 12.8. The predicted molar refractivity (Wildman–Crippen MR) is 76.1 cm³/mol. The molecule has 0 aromatic carbocycles. The summed E-state index contributed by atoms with van der Waals surface area (Å²) in [5.41, 5.74) is 0. The molecule has 18 heavy (non-hydrogen) atoms. The molecule has 1 saturated heterocycles. The van der Waals surface area contributed by atoms with Gasteiger partial charge < -0.3 is 5.32 Å². The fourth-order valence-corrected chi connectivity index (χ4v) is 4.18. The van der Waals surface area contributed by atoms with Crippen molar-refractivity contribution in [1.82, 2.24) is 9.62 Å². The lowest BCUT2D eigenvalue weighted by molar-refractivity contribution is 0.297. The van der Waals surface area contributed by atoms with Gasteiger partial charge in [-0.2, -0.15) is 0 Å². The van der Waals surface area contributed by atoms with E-state index in [1.165, 1.54) is 0 Å². The van der Waals surface area contributed by atoms with Gasteiger partial charge in [0.2, 0.25) is 10.0 Å². The molecule has 1 rings (SSSR count). The summed E-state index contributed by atoms with van der Waals surface area (Å²) >= 11 is 0. The molecule has 0 amide bonds. The Kier molecular flexibility index (Phi) is 6.60. The van der Waals surface area contributed by atoms with Crippen LogP contribution in [-0.4, -0.2) is 44.7 Å². The lowest BCUT2D eigenvalue weighted by atomic mass is 10.00. The third kappa shape index (κ3) is 5.24. The third-order valence-corrected chi connectivity index (χ3v) is 5.51. The molecule has 1 N–H and O–H groups in total. The maximum absolute atomic E-state index is 12.2. The molecule has 0 saturated carbocycles. The van der Waals surface area contributed by atoms with Crippen LogP contribution in [0.25, 0.3) is 0 Å². The van der Waals surface area contributed by atoms with Crippen LogP contribution in [0.2, 0.25) is 0 Å². The smallest absolute Gasteiger partial charge is 0.214 e. The summed E-state index contributed by atoms with van der Waals surface area (Å²) in [4.78, 5) is 0. The summed E-state index contributed by atoms with van der Waals surface area (Å²) in [7, 11) is -3.06. The van der Waals surface area contributed by atoms with Crippen molar-refractivity contribution in [3.05, 3.63) is 0 Å². The Morgan fingerprint density at radius 1 is 1.39 bits per heavy atom. The summed E-state index contributed by atoms with van der Waals surface area (Å²) in [6, 6.07) is 0. The second kappa shape index (κ2) is 7.46. The molecule has 0 aliphatic carbocycles. The van der Waals surface area contributed by atoms with Crippen LogP contribution in [0.15, 0.2) is 0 Å². The van der Waals surface area contributed by atoms with Crippen LogP contribution in [-0.2, 0) is 10.0 Å². The Morgan fingerprint density at radius 3 is 2.61 bits per heavy atom. The van der Waals surface area contributed by atoms with Crippen LogP contribution in [0, 0.1) is 11.8 Å². The third-order valence-electron chi connectivity index (χ3n) is 3.56. The number of nitrogens with one attached hydrogen (secondary N) is 1. The van der Waals surface area contributed by atoms with Gasteiger partial charge in [-0.1, -0.05) is 20.8 Å². The fourth-order valence-electron chi connectivity index (χ4n) is 2.32. The van der Waals surface area contributed by atoms with Crippen LogP contribution < -0.4 is 5.32 Å². The topological polar surface area (TPSA) is 49.4 Å². The van der Waals surface area contributed by atoms with Gasteiger partial charge in [-0.15, -0.1) is 0 Å². The van der Waals surface area contributed by atoms with E-state index in [1.807, 2.05) is 6.92 Å². The number of rotatable bonds is 7. The molecule has 5 heteroatoms. The summed E-state index contributed by atoms with van der Waals surface area (Å²) in [5.74, 6) is 1.21. The second-order valence-corrected chi connectivity index (χ2v) is 7.75. The van der Waals surface area contributed by atoms with Crippen LogP contribution >= 0.6 is 0 Å². The molecule has 1 aliphatic heterocycles. The van der Waals surface area contributed by atoms with E-state index < -0.39 is 10.0 Å². The SMILES string of the molecule is CCN(CC1CCCNC1)S(=O)(=O)CCC(C)C. The van der Waals surface area contributed by atoms with Crippen LogP contribution in [0.3, 0.4) is 0 Å². The summed E-state index contributed by atoms with van der Waals surface area (Å²) in [5, 5.41) is 3.34. The van der Waals surface area contributed by atoms with E-state index in [4.69, 9.17) is 0 Å². The van der Waals surface area contributed by atoms with Gasteiger partial charge in [-0.25, -0.2) is 12.7 Å². The maximum atomic E-state index is 12.2. The Morgan fingerprint density at radius 2 is 2.11 bits per heavy atom.